The molecule has 1 atom stereocenters. The van der Waals surface area contributed by atoms with Crippen molar-refractivity contribution in [3.63, 3.8) is 0 Å². The number of nitrogens with zero attached hydrogens (tertiary/aromatic N) is 3. The van der Waals surface area contributed by atoms with Crippen molar-refractivity contribution in [3.05, 3.63) is 77.6 Å². The van der Waals surface area contributed by atoms with Gasteiger partial charge in [-0.25, -0.2) is 4.57 Å². The third kappa shape index (κ3) is 2.42. The molecule has 5 heteroatoms. The second-order valence-corrected chi connectivity index (χ2v) is 10.5. The van der Waals surface area contributed by atoms with Crippen LogP contribution in [-0.2, 0) is 7.05 Å². The van der Waals surface area contributed by atoms with Crippen LogP contribution in [-0.4, -0.2) is 18.1 Å². The Morgan fingerprint density at radius 1 is 1.09 bits per heavy atom. The summed E-state index contributed by atoms with van der Waals surface area (Å²) in [6.07, 6.45) is 4.47. The number of hydrogen-bond donors (Lipinski definition) is 0. The maximum atomic E-state index is 6.40. The fourth-order valence-corrected chi connectivity index (χ4v) is 6.54. The van der Waals surface area contributed by atoms with Crippen molar-refractivity contribution in [1.29, 1.82) is 0 Å². The topological polar surface area (TPSA) is 25.2 Å². The zero-order valence-corrected chi connectivity index (χ0v) is 20.5. The monoisotopic (exact) mass is 446 g/mol. The van der Waals surface area contributed by atoms with Gasteiger partial charge in [0, 0.05) is 17.4 Å². The average Bonchev–Trinajstić information content (AvgIpc) is 3.38. The molecule has 0 bridgehead atoms. The largest absolute Gasteiger partial charge is 0.537 e. The highest BCUT2D eigenvalue weighted by Gasteiger charge is 2.51. The molecule has 7 rings (SSSR count). The van der Waals surface area contributed by atoms with E-state index < -0.39 is 0 Å². The second kappa shape index (κ2) is 6.78. The highest BCUT2D eigenvalue weighted by molar-refractivity contribution is 6.72. The average molecular weight is 446 g/mol. The van der Waals surface area contributed by atoms with Crippen LogP contribution in [0.4, 0.5) is 5.69 Å². The third-order valence-corrected chi connectivity index (χ3v) is 7.99. The van der Waals surface area contributed by atoms with E-state index in [1.54, 1.807) is 0 Å². The van der Waals surface area contributed by atoms with Gasteiger partial charge in [-0.15, -0.1) is 0 Å². The molecule has 0 fully saturated rings. The van der Waals surface area contributed by atoms with Gasteiger partial charge in [-0.3, -0.25) is 4.48 Å². The lowest BCUT2D eigenvalue weighted by molar-refractivity contribution is -0.524. The normalized spacial score (nSPS) is 16.7. The van der Waals surface area contributed by atoms with E-state index in [0.29, 0.717) is 11.8 Å². The van der Waals surface area contributed by atoms with Crippen molar-refractivity contribution in [2.24, 2.45) is 7.05 Å². The lowest BCUT2D eigenvalue weighted by Gasteiger charge is -2.42. The quantitative estimate of drug-likeness (QED) is 0.318. The number of anilines is 1. The Morgan fingerprint density at radius 3 is 2.74 bits per heavy atom. The first kappa shape index (κ1) is 20.0. The van der Waals surface area contributed by atoms with Gasteiger partial charge < -0.3 is 9.23 Å². The van der Waals surface area contributed by atoms with Crippen LogP contribution < -0.4 is 14.8 Å². The Balaban J connectivity index is 1.66. The van der Waals surface area contributed by atoms with Gasteiger partial charge in [0.2, 0.25) is 0 Å². The molecule has 0 N–H and O–H groups in total. The van der Waals surface area contributed by atoms with E-state index in [1.807, 2.05) is 0 Å². The molecule has 1 unspecified atom stereocenters. The highest BCUT2D eigenvalue weighted by atomic mass is 16.3. The van der Waals surface area contributed by atoms with Gasteiger partial charge in [-0.2, -0.15) is 0 Å². The van der Waals surface area contributed by atoms with Crippen LogP contribution in [0.15, 0.2) is 65.3 Å². The molecule has 2 aliphatic heterocycles. The van der Waals surface area contributed by atoms with Crippen LogP contribution in [0.1, 0.15) is 49.3 Å². The van der Waals surface area contributed by atoms with Crippen molar-refractivity contribution in [3.8, 4) is 11.4 Å². The second-order valence-electron chi connectivity index (χ2n) is 10.5. The molecule has 2 aromatic heterocycles. The molecular formula is C29H29BN3O+. The maximum absolute atomic E-state index is 6.40. The van der Waals surface area contributed by atoms with Crippen molar-refractivity contribution < 1.29 is 8.90 Å². The summed E-state index contributed by atoms with van der Waals surface area (Å²) in [5.74, 6) is 2.17. The number of para-hydroxylation sites is 1. The minimum absolute atomic E-state index is 0.132. The molecule has 4 heterocycles. The Morgan fingerprint density at radius 2 is 1.91 bits per heavy atom. The van der Waals surface area contributed by atoms with Crippen molar-refractivity contribution in [2.75, 3.05) is 11.4 Å². The summed E-state index contributed by atoms with van der Waals surface area (Å²) in [7, 11) is 2.17. The van der Waals surface area contributed by atoms with Crippen LogP contribution >= 0.6 is 0 Å². The van der Waals surface area contributed by atoms with Gasteiger partial charge >= 0.3 is 6.98 Å². The molecule has 3 aromatic carbocycles. The Kier molecular flexibility index (Phi) is 3.98. The summed E-state index contributed by atoms with van der Waals surface area (Å²) in [4.78, 5) is 2.67. The van der Waals surface area contributed by atoms with E-state index in [-0.39, 0.29) is 6.98 Å². The first-order chi connectivity index (χ1) is 16.5. The van der Waals surface area contributed by atoms with Crippen molar-refractivity contribution >= 4 is 40.1 Å². The summed E-state index contributed by atoms with van der Waals surface area (Å²) in [5.41, 5.74) is 10.2. The van der Waals surface area contributed by atoms with E-state index in [2.05, 4.69) is 110 Å². The molecule has 4 nitrogen and oxygen atoms in total. The van der Waals surface area contributed by atoms with E-state index >= 15 is 0 Å². The van der Waals surface area contributed by atoms with Gasteiger partial charge in [0.25, 0.3) is 5.82 Å². The van der Waals surface area contributed by atoms with E-state index in [0.717, 1.165) is 17.7 Å². The lowest BCUT2D eigenvalue weighted by atomic mass is 9.55. The highest BCUT2D eigenvalue weighted by Crippen LogP contribution is 2.47. The fourth-order valence-electron chi connectivity index (χ4n) is 6.54. The van der Waals surface area contributed by atoms with Crippen LogP contribution in [0.5, 0.6) is 0 Å². The maximum Gasteiger partial charge on any atom is 0.537 e. The Bertz CT molecular complexity index is 1610. The zero-order valence-electron chi connectivity index (χ0n) is 20.5. The minimum Gasteiger partial charge on any atom is -0.456 e. The van der Waals surface area contributed by atoms with E-state index in [9.17, 15) is 0 Å². The van der Waals surface area contributed by atoms with Gasteiger partial charge in [0.1, 0.15) is 23.6 Å². The summed E-state index contributed by atoms with van der Waals surface area (Å²) in [6.45, 7) is 10.4. The summed E-state index contributed by atoms with van der Waals surface area (Å²) in [5, 5.41) is 2.44. The Labute approximate surface area is 200 Å². The van der Waals surface area contributed by atoms with E-state index in [4.69, 9.17) is 4.42 Å². The molecule has 0 amide bonds. The number of benzene rings is 3. The summed E-state index contributed by atoms with van der Waals surface area (Å²) < 4.78 is 11.2. The summed E-state index contributed by atoms with van der Waals surface area (Å²) in [6, 6.07) is 17.6. The molecule has 2 aliphatic rings. The fraction of sp³-hybridized carbons (Fsp3) is 0.276. The number of aromatic nitrogens is 2. The predicted octanol–water partition coefficient (Wildman–Crippen LogP) is 5.49. The van der Waals surface area contributed by atoms with Crippen molar-refractivity contribution in [2.45, 2.75) is 39.5 Å². The molecule has 5 aromatic rings. The smallest absolute Gasteiger partial charge is 0.456 e. The van der Waals surface area contributed by atoms with Crippen LogP contribution in [0.25, 0.3) is 33.3 Å². The first-order valence-electron chi connectivity index (χ1n) is 12.4. The number of aryl methyl sites for hydroxylation is 2. The van der Waals surface area contributed by atoms with Gasteiger partial charge in [0.15, 0.2) is 0 Å². The first-order valence-corrected chi connectivity index (χ1v) is 12.4. The van der Waals surface area contributed by atoms with Crippen LogP contribution in [0.3, 0.4) is 0 Å². The molecular weight excluding hydrogens is 417 g/mol. The number of fused-ring (bicyclic) bond motifs is 12. The van der Waals surface area contributed by atoms with E-state index in [1.165, 1.54) is 50.0 Å². The van der Waals surface area contributed by atoms with Gasteiger partial charge in [-0.1, -0.05) is 57.2 Å². The number of hydrogen-bond acceptors (Lipinski definition) is 2. The van der Waals surface area contributed by atoms with Gasteiger partial charge in [0.05, 0.1) is 23.7 Å². The number of furan rings is 1. The predicted molar refractivity (Wildman–Crippen MR) is 140 cm³/mol. The standard InChI is InChI=1S/C29H29BN3O/c1-17(2)20-10-8-11-21-19(4)16-33-28-25(29-31(5)13-14-32(29)30(33)27(20)21)18(3)15-24-26(28)22-9-6-7-12-23(22)34-24/h6-15,17,19H,16H2,1-5H3/q+1. The molecule has 0 saturated carbocycles. The number of rotatable bonds is 1. The zero-order chi connectivity index (χ0) is 23.3. The molecule has 0 aliphatic carbocycles. The molecule has 0 saturated heterocycles. The number of imidazole rings is 1. The van der Waals surface area contributed by atoms with Crippen LogP contribution in [0, 0.1) is 6.92 Å². The molecule has 168 valence electrons. The SMILES string of the molecule is Cc1cc2oc3ccccc3c2c2c1-c1n(C)cc[n+]1B1c3c(C(C)C)cccc3C(C)CN12. The Hall–Kier alpha value is -3.47. The van der Waals surface area contributed by atoms with Crippen LogP contribution in [0.2, 0.25) is 0 Å². The molecule has 34 heavy (non-hydrogen) atoms. The third-order valence-electron chi connectivity index (χ3n) is 7.99. The molecule has 0 spiro atoms. The summed E-state index contributed by atoms with van der Waals surface area (Å²) >= 11 is 0. The van der Waals surface area contributed by atoms with Crippen molar-refractivity contribution in [1.82, 2.24) is 4.57 Å². The lowest BCUT2D eigenvalue weighted by Crippen LogP contribution is -2.74. The van der Waals surface area contributed by atoms with Gasteiger partial charge in [-0.05, 0) is 47.6 Å². The minimum atomic E-state index is 0.132. The molecule has 0 radical (unpaired) electrons.